The molecule has 0 saturated heterocycles. The fourth-order valence-electron chi connectivity index (χ4n) is 2.79. The molecule has 0 fully saturated rings. The van der Waals surface area contributed by atoms with Gasteiger partial charge in [-0.3, -0.25) is 4.79 Å². The number of sulfonamides is 1. The summed E-state index contributed by atoms with van der Waals surface area (Å²) >= 11 is 0. The predicted octanol–water partition coefficient (Wildman–Crippen LogP) is 3.39. The molecular weight excluding hydrogens is 367 g/mol. The van der Waals surface area contributed by atoms with Gasteiger partial charge in [0.1, 0.15) is 5.82 Å². The molecule has 0 saturated carbocycles. The van der Waals surface area contributed by atoms with E-state index in [2.05, 4.69) is 5.32 Å². The second-order valence-corrected chi connectivity index (χ2v) is 8.19. The van der Waals surface area contributed by atoms with Gasteiger partial charge < -0.3 is 5.32 Å². The topological polar surface area (TPSA) is 66.5 Å². The molecule has 2 aromatic carbocycles. The van der Waals surface area contributed by atoms with E-state index in [0.717, 1.165) is 17.7 Å². The van der Waals surface area contributed by atoms with Gasteiger partial charge >= 0.3 is 0 Å². The molecule has 146 valence electrons. The molecule has 0 bridgehead atoms. The van der Waals surface area contributed by atoms with E-state index in [-0.39, 0.29) is 16.4 Å². The molecule has 2 aromatic rings. The van der Waals surface area contributed by atoms with E-state index >= 15 is 0 Å². The highest BCUT2D eigenvalue weighted by Gasteiger charge is 2.24. The van der Waals surface area contributed by atoms with Gasteiger partial charge in [0.2, 0.25) is 10.0 Å². The molecule has 0 aliphatic rings. The minimum absolute atomic E-state index is 0.0424. The highest BCUT2D eigenvalue weighted by atomic mass is 32.2. The van der Waals surface area contributed by atoms with Crippen LogP contribution in [0.3, 0.4) is 0 Å². The van der Waals surface area contributed by atoms with Crippen molar-refractivity contribution < 1.29 is 17.6 Å². The standard InChI is InChI=1S/C20H25FN2O3S/c1-4-23(5-2)27(25,26)17-11-12-19(21)18(13-17)20(24)22-14-15(3)16-9-7-6-8-10-16/h6-13,15H,4-5,14H2,1-3H3,(H,22,24). The summed E-state index contributed by atoms with van der Waals surface area (Å²) in [5, 5.41) is 2.69. The lowest BCUT2D eigenvalue weighted by molar-refractivity contribution is 0.0947. The summed E-state index contributed by atoms with van der Waals surface area (Å²) in [4.78, 5) is 12.3. The SMILES string of the molecule is CCN(CC)S(=O)(=O)c1ccc(F)c(C(=O)NCC(C)c2ccccc2)c1. The molecule has 1 N–H and O–H groups in total. The van der Waals surface area contributed by atoms with Crippen molar-refractivity contribution in [1.29, 1.82) is 0 Å². The molecule has 5 nitrogen and oxygen atoms in total. The number of benzene rings is 2. The van der Waals surface area contributed by atoms with E-state index in [1.54, 1.807) is 13.8 Å². The minimum atomic E-state index is -3.76. The van der Waals surface area contributed by atoms with Gasteiger partial charge in [-0.05, 0) is 29.7 Å². The normalized spacial score (nSPS) is 12.8. The summed E-state index contributed by atoms with van der Waals surface area (Å²) in [6.45, 7) is 6.31. The Labute approximate surface area is 160 Å². The Kier molecular flexibility index (Phi) is 7.10. The second kappa shape index (κ2) is 9.10. The minimum Gasteiger partial charge on any atom is -0.351 e. The van der Waals surface area contributed by atoms with Crippen LogP contribution in [0.1, 0.15) is 42.6 Å². The summed E-state index contributed by atoms with van der Waals surface area (Å²) in [5.74, 6) is -1.34. The molecule has 0 aromatic heterocycles. The maximum atomic E-state index is 14.2. The lowest BCUT2D eigenvalue weighted by Gasteiger charge is -2.19. The van der Waals surface area contributed by atoms with Crippen molar-refractivity contribution in [2.24, 2.45) is 0 Å². The lowest BCUT2D eigenvalue weighted by atomic mass is 10.0. The van der Waals surface area contributed by atoms with Crippen molar-refractivity contribution in [2.75, 3.05) is 19.6 Å². The summed E-state index contributed by atoms with van der Waals surface area (Å²) in [6.07, 6.45) is 0. The molecule has 1 atom stereocenters. The Bertz CT molecular complexity index is 881. The Morgan fingerprint density at radius 2 is 1.74 bits per heavy atom. The maximum Gasteiger partial charge on any atom is 0.254 e. The molecule has 0 aliphatic carbocycles. The Morgan fingerprint density at radius 1 is 1.11 bits per heavy atom. The first-order valence-electron chi connectivity index (χ1n) is 8.94. The lowest BCUT2D eigenvalue weighted by Crippen LogP contribution is -2.31. The molecule has 0 heterocycles. The van der Waals surface area contributed by atoms with Crippen molar-refractivity contribution in [3.8, 4) is 0 Å². The van der Waals surface area contributed by atoms with Crippen LogP contribution in [-0.2, 0) is 10.0 Å². The molecule has 7 heteroatoms. The first-order chi connectivity index (χ1) is 12.8. The van der Waals surface area contributed by atoms with Gasteiger partial charge in [0, 0.05) is 19.6 Å². The number of amides is 1. The molecule has 0 spiro atoms. The molecular formula is C20H25FN2O3S. The van der Waals surface area contributed by atoms with Crippen molar-refractivity contribution in [3.63, 3.8) is 0 Å². The van der Waals surface area contributed by atoms with Gasteiger partial charge in [0.05, 0.1) is 10.5 Å². The van der Waals surface area contributed by atoms with E-state index in [4.69, 9.17) is 0 Å². The Balaban J connectivity index is 2.19. The number of carbonyl (C=O) groups excluding carboxylic acids is 1. The first-order valence-corrected chi connectivity index (χ1v) is 10.4. The number of carbonyl (C=O) groups is 1. The smallest absolute Gasteiger partial charge is 0.254 e. The zero-order valence-corrected chi connectivity index (χ0v) is 16.6. The molecule has 2 rings (SSSR count). The van der Waals surface area contributed by atoms with Gasteiger partial charge in [-0.1, -0.05) is 51.1 Å². The van der Waals surface area contributed by atoms with Gasteiger partial charge in [0.15, 0.2) is 0 Å². The molecule has 0 aliphatic heterocycles. The third-order valence-electron chi connectivity index (χ3n) is 4.46. The van der Waals surface area contributed by atoms with Crippen molar-refractivity contribution in [1.82, 2.24) is 9.62 Å². The highest BCUT2D eigenvalue weighted by Crippen LogP contribution is 2.20. The van der Waals surface area contributed by atoms with E-state index in [9.17, 15) is 17.6 Å². The highest BCUT2D eigenvalue weighted by molar-refractivity contribution is 7.89. The summed E-state index contributed by atoms with van der Waals surface area (Å²) in [7, 11) is -3.76. The van der Waals surface area contributed by atoms with Crippen LogP contribution in [0.2, 0.25) is 0 Å². The number of rotatable bonds is 8. The van der Waals surface area contributed by atoms with Crippen LogP contribution in [0.5, 0.6) is 0 Å². The number of halogens is 1. The van der Waals surface area contributed by atoms with Crippen LogP contribution in [0.4, 0.5) is 4.39 Å². The predicted molar refractivity (Wildman–Crippen MR) is 104 cm³/mol. The number of hydrogen-bond acceptors (Lipinski definition) is 3. The van der Waals surface area contributed by atoms with Gasteiger partial charge in [-0.2, -0.15) is 4.31 Å². The summed E-state index contributed by atoms with van der Waals surface area (Å²) < 4.78 is 40.6. The molecule has 0 radical (unpaired) electrons. The van der Waals surface area contributed by atoms with Crippen LogP contribution in [-0.4, -0.2) is 38.3 Å². The summed E-state index contributed by atoms with van der Waals surface area (Å²) in [6, 6.07) is 12.9. The Morgan fingerprint density at radius 3 is 2.33 bits per heavy atom. The zero-order valence-electron chi connectivity index (χ0n) is 15.8. The van der Waals surface area contributed by atoms with Crippen LogP contribution < -0.4 is 5.32 Å². The number of nitrogens with zero attached hydrogens (tertiary/aromatic N) is 1. The second-order valence-electron chi connectivity index (χ2n) is 6.25. The monoisotopic (exact) mass is 392 g/mol. The first kappa shape index (κ1) is 21.1. The maximum absolute atomic E-state index is 14.2. The number of hydrogen-bond donors (Lipinski definition) is 1. The third kappa shape index (κ3) is 4.93. The average molecular weight is 392 g/mol. The van der Waals surface area contributed by atoms with Crippen LogP contribution in [0, 0.1) is 5.82 Å². The zero-order chi connectivity index (χ0) is 20.0. The molecule has 27 heavy (non-hydrogen) atoms. The number of nitrogens with one attached hydrogen (secondary N) is 1. The Hall–Kier alpha value is -2.25. The summed E-state index contributed by atoms with van der Waals surface area (Å²) in [5.41, 5.74) is 0.777. The largest absolute Gasteiger partial charge is 0.351 e. The molecule has 1 amide bonds. The van der Waals surface area contributed by atoms with Crippen LogP contribution in [0.25, 0.3) is 0 Å². The fourth-order valence-corrected chi connectivity index (χ4v) is 4.28. The van der Waals surface area contributed by atoms with Crippen molar-refractivity contribution in [3.05, 3.63) is 65.5 Å². The van der Waals surface area contributed by atoms with E-state index < -0.39 is 21.7 Å². The van der Waals surface area contributed by atoms with Gasteiger partial charge in [-0.25, -0.2) is 12.8 Å². The van der Waals surface area contributed by atoms with Crippen molar-refractivity contribution in [2.45, 2.75) is 31.6 Å². The van der Waals surface area contributed by atoms with E-state index in [1.807, 2.05) is 37.3 Å². The fraction of sp³-hybridized carbons (Fsp3) is 0.350. The third-order valence-corrected chi connectivity index (χ3v) is 6.51. The van der Waals surface area contributed by atoms with Crippen LogP contribution >= 0.6 is 0 Å². The quantitative estimate of drug-likeness (QED) is 0.749. The average Bonchev–Trinajstić information content (AvgIpc) is 2.67. The van der Waals surface area contributed by atoms with Crippen LogP contribution in [0.15, 0.2) is 53.4 Å². The van der Waals surface area contributed by atoms with Gasteiger partial charge in [0.25, 0.3) is 5.91 Å². The van der Waals surface area contributed by atoms with E-state index in [1.165, 1.54) is 10.4 Å². The van der Waals surface area contributed by atoms with Crippen molar-refractivity contribution >= 4 is 15.9 Å². The van der Waals surface area contributed by atoms with E-state index in [0.29, 0.717) is 19.6 Å². The van der Waals surface area contributed by atoms with Gasteiger partial charge in [-0.15, -0.1) is 0 Å². The molecule has 1 unspecified atom stereocenters.